The summed E-state index contributed by atoms with van der Waals surface area (Å²) in [6.45, 7) is 0. The average molecular weight is 315 g/mol. The minimum Gasteiger partial charge on any atom is -0.505 e. The molecule has 0 heterocycles. The molecule has 90 valence electrons. The second kappa shape index (κ2) is 6.03. The van der Waals surface area contributed by atoms with Crippen molar-refractivity contribution >= 4 is 34.3 Å². The summed E-state index contributed by atoms with van der Waals surface area (Å²) in [5.41, 5.74) is 5.46. The van der Waals surface area contributed by atoms with Gasteiger partial charge in [-0.05, 0) is 12.1 Å². The van der Waals surface area contributed by atoms with E-state index in [9.17, 15) is 14.3 Å². The van der Waals surface area contributed by atoms with Crippen molar-refractivity contribution in [1.29, 1.82) is 0 Å². The molecule has 0 amide bonds. The second-order valence-corrected chi connectivity index (χ2v) is 3.65. The van der Waals surface area contributed by atoms with Gasteiger partial charge in [0, 0.05) is 10.0 Å². The molecule has 0 spiro atoms. The van der Waals surface area contributed by atoms with Gasteiger partial charge in [0.1, 0.15) is 6.04 Å². The third-order valence-corrected chi connectivity index (χ3v) is 2.57. The van der Waals surface area contributed by atoms with Gasteiger partial charge in [0.2, 0.25) is 0 Å². The Morgan fingerprint density at radius 2 is 2.19 bits per heavy atom. The fraction of sp³-hybridized carbons (Fsp3) is 0.222. The molecule has 0 aliphatic carbocycles. The van der Waals surface area contributed by atoms with Gasteiger partial charge in [0.15, 0.2) is 11.6 Å². The van der Waals surface area contributed by atoms with Crippen LogP contribution in [0.15, 0.2) is 16.6 Å². The number of hydrogen-bond donors (Lipinski definition) is 2. The zero-order valence-corrected chi connectivity index (χ0v) is 10.6. The number of phenolic OH excluding ortho intramolecular Hbond substituents is 1. The molecule has 0 aliphatic rings. The predicted molar refractivity (Wildman–Crippen MR) is 62.0 cm³/mol. The Labute approximate surface area is 106 Å². The monoisotopic (exact) mass is 313 g/mol. The first-order valence-corrected chi connectivity index (χ1v) is 4.78. The second-order valence-electron chi connectivity index (χ2n) is 2.79. The van der Waals surface area contributed by atoms with E-state index in [2.05, 4.69) is 20.7 Å². The molecule has 0 bridgehead atoms. The van der Waals surface area contributed by atoms with Gasteiger partial charge in [-0.15, -0.1) is 12.4 Å². The summed E-state index contributed by atoms with van der Waals surface area (Å²) in [6, 6.07) is 1.19. The molecule has 1 rings (SSSR count). The molecule has 0 saturated heterocycles. The molecule has 0 radical (unpaired) electrons. The van der Waals surface area contributed by atoms with Gasteiger partial charge in [-0.1, -0.05) is 15.9 Å². The van der Waals surface area contributed by atoms with Crippen molar-refractivity contribution in [3.63, 3.8) is 0 Å². The van der Waals surface area contributed by atoms with Crippen molar-refractivity contribution in [2.45, 2.75) is 6.04 Å². The van der Waals surface area contributed by atoms with Crippen molar-refractivity contribution in [2.75, 3.05) is 7.11 Å². The first-order chi connectivity index (χ1) is 6.99. The number of rotatable bonds is 2. The van der Waals surface area contributed by atoms with Crippen LogP contribution in [0.2, 0.25) is 0 Å². The van der Waals surface area contributed by atoms with Crippen LogP contribution in [0.5, 0.6) is 5.75 Å². The number of aromatic hydroxyl groups is 1. The lowest BCUT2D eigenvalue weighted by atomic mass is 10.1. The molecule has 0 unspecified atom stereocenters. The van der Waals surface area contributed by atoms with Gasteiger partial charge >= 0.3 is 5.97 Å². The fourth-order valence-corrected chi connectivity index (χ4v) is 1.66. The van der Waals surface area contributed by atoms with Gasteiger partial charge in [-0.25, -0.2) is 4.39 Å². The van der Waals surface area contributed by atoms with Crippen LogP contribution >= 0.6 is 28.3 Å². The van der Waals surface area contributed by atoms with Crippen LogP contribution < -0.4 is 5.73 Å². The Balaban J connectivity index is 0.00000225. The largest absolute Gasteiger partial charge is 0.505 e. The van der Waals surface area contributed by atoms with E-state index >= 15 is 0 Å². The Hall–Kier alpha value is -0.850. The molecule has 0 aliphatic heterocycles. The van der Waals surface area contributed by atoms with E-state index in [0.29, 0.717) is 4.47 Å². The molecule has 7 heteroatoms. The fourth-order valence-electron chi connectivity index (χ4n) is 1.10. The van der Waals surface area contributed by atoms with Crippen LogP contribution in [0.4, 0.5) is 4.39 Å². The summed E-state index contributed by atoms with van der Waals surface area (Å²) in [4.78, 5) is 11.1. The molecule has 0 fully saturated rings. The summed E-state index contributed by atoms with van der Waals surface area (Å²) in [5, 5.41) is 9.40. The number of phenols is 1. The van der Waals surface area contributed by atoms with Crippen molar-refractivity contribution in [2.24, 2.45) is 5.73 Å². The highest BCUT2D eigenvalue weighted by atomic mass is 79.9. The standard InChI is InChI=1S/C9H9BrFNO3.ClH/c1-15-9(14)7(12)6-4(10)2-3-5(11)8(6)13;/h2-3,7,13H,12H2,1H3;1H/t7-;/m1./s1. The van der Waals surface area contributed by atoms with E-state index < -0.39 is 23.6 Å². The first-order valence-electron chi connectivity index (χ1n) is 3.99. The summed E-state index contributed by atoms with van der Waals surface area (Å²) in [7, 11) is 1.16. The molecule has 0 saturated carbocycles. The number of halogens is 3. The lowest BCUT2D eigenvalue weighted by molar-refractivity contribution is -0.142. The first kappa shape index (κ1) is 15.2. The topological polar surface area (TPSA) is 72.5 Å². The minimum absolute atomic E-state index is 0. The average Bonchev–Trinajstić information content (AvgIpc) is 2.22. The van der Waals surface area contributed by atoms with E-state index in [0.717, 1.165) is 13.2 Å². The predicted octanol–water partition coefficient (Wildman–Crippen LogP) is 1.89. The maximum atomic E-state index is 13.0. The molecular formula is C9H10BrClFNO3. The van der Waals surface area contributed by atoms with Gasteiger partial charge < -0.3 is 15.6 Å². The van der Waals surface area contributed by atoms with Crippen LogP contribution in [0.25, 0.3) is 0 Å². The molecule has 3 N–H and O–H groups in total. The third kappa shape index (κ3) is 2.84. The van der Waals surface area contributed by atoms with Crippen LogP contribution in [-0.2, 0) is 9.53 Å². The molecule has 4 nitrogen and oxygen atoms in total. The lowest BCUT2D eigenvalue weighted by Crippen LogP contribution is -2.23. The van der Waals surface area contributed by atoms with Crippen LogP contribution in [0.3, 0.4) is 0 Å². The number of esters is 1. The van der Waals surface area contributed by atoms with E-state index in [1.807, 2.05) is 0 Å². The van der Waals surface area contributed by atoms with E-state index in [-0.39, 0.29) is 18.0 Å². The van der Waals surface area contributed by atoms with E-state index in [1.54, 1.807) is 0 Å². The molecule has 16 heavy (non-hydrogen) atoms. The number of carbonyl (C=O) groups is 1. The number of benzene rings is 1. The Morgan fingerprint density at radius 1 is 1.62 bits per heavy atom. The van der Waals surface area contributed by atoms with Crippen molar-refractivity contribution in [3.8, 4) is 5.75 Å². The highest BCUT2D eigenvalue weighted by molar-refractivity contribution is 9.10. The minimum atomic E-state index is -1.22. The third-order valence-electron chi connectivity index (χ3n) is 1.88. The van der Waals surface area contributed by atoms with E-state index in [4.69, 9.17) is 5.73 Å². The number of carbonyl (C=O) groups excluding carboxylic acids is 1. The molecule has 1 atom stereocenters. The van der Waals surface area contributed by atoms with Crippen LogP contribution in [-0.4, -0.2) is 18.2 Å². The Kier molecular flexibility index (Phi) is 5.71. The highest BCUT2D eigenvalue weighted by Crippen LogP contribution is 2.33. The lowest BCUT2D eigenvalue weighted by Gasteiger charge is -2.13. The van der Waals surface area contributed by atoms with Crippen molar-refractivity contribution < 1.29 is 19.0 Å². The summed E-state index contributed by atoms with van der Waals surface area (Å²) in [6.07, 6.45) is 0. The molecular weight excluding hydrogens is 304 g/mol. The van der Waals surface area contributed by atoms with Crippen LogP contribution in [0, 0.1) is 5.82 Å². The van der Waals surface area contributed by atoms with Crippen LogP contribution in [0.1, 0.15) is 11.6 Å². The summed E-state index contributed by atoms with van der Waals surface area (Å²) >= 11 is 3.06. The number of hydrogen-bond acceptors (Lipinski definition) is 4. The quantitative estimate of drug-likeness (QED) is 0.818. The number of nitrogens with two attached hydrogens (primary N) is 1. The van der Waals surface area contributed by atoms with Gasteiger partial charge in [-0.2, -0.15) is 0 Å². The SMILES string of the molecule is COC(=O)[C@H](N)c1c(Br)ccc(F)c1O.Cl. The Morgan fingerprint density at radius 3 is 2.69 bits per heavy atom. The van der Waals surface area contributed by atoms with Crippen molar-refractivity contribution in [3.05, 3.63) is 28.0 Å². The van der Waals surface area contributed by atoms with Gasteiger partial charge in [0.05, 0.1) is 7.11 Å². The summed E-state index contributed by atoms with van der Waals surface area (Å²) < 4.78 is 17.8. The molecule has 1 aromatic carbocycles. The maximum absolute atomic E-state index is 13.0. The smallest absolute Gasteiger partial charge is 0.327 e. The molecule has 0 aromatic heterocycles. The van der Waals surface area contributed by atoms with Gasteiger partial charge in [-0.3, -0.25) is 4.79 Å². The highest BCUT2D eigenvalue weighted by Gasteiger charge is 2.24. The summed E-state index contributed by atoms with van der Waals surface area (Å²) in [5.74, 6) is -2.24. The van der Waals surface area contributed by atoms with E-state index in [1.165, 1.54) is 6.07 Å². The zero-order valence-electron chi connectivity index (χ0n) is 8.24. The zero-order chi connectivity index (χ0) is 11.6. The Bertz CT molecular complexity index is 403. The molecule has 1 aromatic rings. The van der Waals surface area contributed by atoms with Gasteiger partial charge in [0.25, 0.3) is 0 Å². The number of methoxy groups -OCH3 is 1. The van der Waals surface area contributed by atoms with Crippen molar-refractivity contribution in [1.82, 2.24) is 0 Å². The normalized spacial score (nSPS) is 11.5. The maximum Gasteiger partial charge on any atom is 0.327 e. The number of ether oxygens (including phenoxy) is 1.